The molecule has 0 aliphatic rings. The van der Waals surface area contributed by atoms with Crippen LogP contribution in [0.3, 0.4) is 0 Å². The smallest absolute Gasteiger partial charge is 0.130 e. The molecule has 1 nitrogen and oxygen atoms in total. The number of aliphatic hydroxyl groups excluding tert-OH is 1. The lowest BCUT2D eigenvalue weighted by Gasteiger charge is -2.01. The lowest BCUT2D eigenvalue weighted by atomic mass is 10.2. The Morgan fingerprint density at radius 1 is 1.50 bits per heavy atom. The van der Waals surface area contributed by atoms with E-state index in [1.165, 1.54) is 0 Å². The Morgan fingerprint density at radius 2 is 1.67 bits per heavy atom. The van der Waals surface area contributed by atoms with Gasteiger partial charge in [0.1, 0.15) is 5.56 Å². The van der Waals surface area contributed by atoms with Crippen LogP contribution in [0.15, 0.2) is 0 Å². The van der Waals surface area contributed by atoms with Crippen molar-refractivity contribution in [3.8, 4) is 0 Å². The Kier molecular flexibility index (Phi) is 2.53. The normalized spacial score (nSPS) is 15.5. The summed E-state index contributed by atoms with van der Waals surface area (Å²) in [6.07, 6.45) is 0. The van der Waals surface area contributed by atoms with Crippen LogP contribution in [0.4, 0.5) is 0 Å². The molecule has 1 N–H and O–H groups in total. The fourth-order valence-corrected chi connectivity index (χ4v) is 0. The quantitative estimate of drug-likeness (QED) is 0.501. The molecule has 0 aromatic heterocycles. The summed E-state index contributed by atoms with van der Waals surface area (Å²) in [5.74, 6) is 0.173. The second-order valence-electron chi connectivity index (χ2n) is 1.62. The van der Waals surface area contributed by atoms with E-state index in [9.17, 15) is 0 Å². The summed E-state index contributed by atoms with van der Waals surface area (Å²) >= 11 is 5.17. The van der Waals surface area contributed by atoms with Gasteiger partial charge in [-0.3, -0.25) is 0 Å². The van der Waals surface area contributed by atoms with Gasteiger partial charge in [0.2, 0.25) is 0 Å². The van der Waals surface area contributed by atoms with Crippen LogP contribution < -0.4 is 0 Å². The molecule has 1 unspecified atom stereocenters. The summed E-state index contributed by atoms with van der Waals surface area (Å²) < 4.78 is 0. The topological polar surface area (TPSA) is 20.2 Å². The van der Waals surface area contributed by atoms with Crippen molar-refractivity contribution in [2.24, 2.45) is 5.92 Å². The van der Waals surface area contributed by atoms with E-state index < -0.39 is 5.56 Å². The largest absolute Gasteiger partial charge is 0.377 e. The Labute approximate surface area is 42.9 Å². The van der Waals surface area contributed by atoms with Crippen LogP contribution in [0.1, 0.15) is 13.8 Å². The van der Waals surface area contributed by atoms with E-state index in [0.29, 0.717) is 0 Å². The average molecular weight is 109 g/mol. The zero-order valence-electron chi connectivity index (χ0n) is 3.98. The van der Waals surface area contributed by atoms with E-state index in [-0.39, 0.29) is 5.92 Å². The summed E-state index contributed by atoms with van der Waals surface area (Å²) in [6.45, 7) is 3.72. The molecule has 0 aromatic carbocycles. The number of halogens is 1. The highest BCUT2D eigenvalue weighted by Crippen LogP contribution is 2.02. The van der Waals surface area contributed by atoms with Crippen molar-refractivity contribution in [3.63, 3.8) is 0 Å². The molecular weight excluding hydrogens is 99.5 g/mol. The molecule has 0 fully saturated rings. The van der Waals surface area contributed by atoms with Gasteiger partial charge in [-0.15, -0.1) is 0 Å². The minimum atomic E-state index is -0.676. The maximum absolute atomic E-state index is 8.40. The third kappa shape index (κ3) is 2.49. The maximum Gasteiger partial charge on any atom is 0.130 e. The van der Waals surface area contributed by atoms with Gasteiger partial charge in [-0.25, -0.2) is 0 Å². The van der Waals surface area contributed by atoms with Crippen LogP contribution >= 0.6 is 11.6 Å². The monoisotopic (exact) mass is 108 g/mol. The van der Waals surface area contributed by atoms with Crippen LogP contribution in [0.5, 0.6) is 0 Å². The maximum atomic E-state index is 8.40. The van der Waals surface area contributed by atoms with E-state index in [1.54, 1.807) is 0 Å². The van der Waals surface area contributed by atoms with Gasteiger partial charge >= 0.3 is 0 Å². The fourth-order valence-electron chi connectivity index (χ4n) is 0. The lowest BCUT2D eigenvalue weighted by molar-refractivity contribution is 0.205. The van der Waals surface area contributed by atoms with E-state index >= 15 is 0 Å². The van der Waals surface area contributed by atoms with Crippen molar-refractivity contribution in [1.82, 2.24) is 0 Å². The first kappa shape index (κ1) is 6.25. The molecule has 0 aliphatic carbocycles. The molecule has 0 radical (unpaired) electrons. The summed E-state index contributed by atoms with van der Waals surface area (Å²) in [6, 6.07) is 0. The van der Waals surface area contributed by atoms with Crippen LogP contribution in [0.2, 0.25) is 0 Å². The molecule has 38 valence electrons. The predicted molar refractivity (Wildman–Crippen MR) is 26.7 cm³/mol. The molecular formula is C4H9ClO. The Balaban J connectivity index is 2.99. The van der Waals surface area contributed by atoms with Crippen molar-refractivity contribution in [2.45, 2.75) is 19.4 Å². The highest BCUT2D eigenvalue weighted by Gasteiger charge is 2.00. The zero-order chi connectivity index (χ0) is 5.15. The van der Waals surface area contributed by atoms with Crippen LogP contribution in [0, 0.1) is 5.92 Å². The van der Waals surface area contributed by atoms with Crippen LogP contribution in [-0.2, 0) is 0 Å². The molecule has 0 bridgehead atoms. The fraction of sp³-hybridized carbons (Fsp3) is 1.00. The van der Waals surface area contributed by atoms with Crippen molar-refractivity contribution < 1.29 is 5.11 Å². The minimum Gasteiger partial charge on any atom is -0.377 e. The summed E-state index contributed by atoms with van der Waals surface area (Å²) in [5.41, 5.74) is -0.676. The lowest BCUT2D eigenvalue weighted by Crippen LogP contribution is -2.04. The Morgan fingerprint density at radius 3 is 1.67 bits per heavy atom. The summed E-state index contributed by atoms with van der Waals surface area (Å²) in [7, 11) is 0. The van der Waals surface area contributed by atoms with Gasteiger partial charge in [0.15, 0.2) is 0 Å². The third-order valence-electron chi connectivity index (χ3n) is 0.550. The second-order valence-corrected chi connectivity index (χ2v) is 2.06. The molecule has 0 saturated carbocycles. The van der Waals surface area contributed by atoms with Gasteiger partial charge in [-0.2, -0.15) is 0 Å². The molecule has 1 atom stereocenters. The predicted octanol–water partition coefficient (Wildman–Crippen LogP) is 1.20. The molecule has 6 heavy (non-hydrogen) atoms. The van der Waals surface area contributed by atoms with Crippen molar-refractivity contribution in [1.29, 1.82) is 0 Å². The first-order valence-corrected chi connectivity index (χ1v) is 2.40. The standard InChI is InChI=1S/C4H9ClO/c1-3(2)4(5)6/h3-4,6H,1-2H3. The summed E-state index contributed by atoms with van der Waals surface area (Å²) in [5, 5.41) is 8.40. The van der Waals surface area contributed by atoms with Crippen molar-refractivity contribution >= 4 is 11.6 Å². The van der Waals surface area contributed by atoms with Gasteiger partial charge < -0.3 is 5.11 Å². The molecule has 0 rings (SSSR count). The number of aliphatic hydroxyl groups is 1. The van der Waals surface area contributed by atoms with E-state index in [0.717, 1.165) is 0 Å². The van der Waals surface area contributed by atoms with Crippen molar-refractivity contribution in [2.75, 3.05) is 0 Å². The first-order valence-electron chi connectivity index (χ1n) is 1.96. The highest BCUT2D eigenvalue weighted by molar-refractivity contribution is 6.19. The number of hydrogen-bond acceptors (Lipinski definition) is 1. The minimum absolute atomic E-state index is 0.173. The SMILES string of the molecule is CC(C)C(O)Cl. The average Bonchev–Trinajstić information content (AvgIpc) is 1.36. The number of alkyl halides is 1. The van der Waals surface area contributed by atoms with Crippen LogP contribution in [-0.4, -0.2) is 10.7 Å². The van der Waals surface area contributed by atoms with Crippen LogP contribution in [0.25, 0.3) is 0 Å². The highest BCUT2D eigenvalue weighted by atomic mass is 35.5. The van der Waals surface area contributed by atoms with Gasteiger partial charge in [-0.1, -0.05) is 25.4 Å². The van der Waals surface area contributed by atoms with Gasteiger partial charge in [0.05, 0.1) is 0 Å². The zero-order valence-corrected chi connectivity index (χ0v) is 4.74. The van der Waals surface area contributed by atoms with Gasteiger partial charge in [-0.05, 0) is 5.92 Å². The Hall–Kier alpha value is 0.250. The second kappa shape index (κ2) is 2.43. The molecule has 0 heterocycles. The first-order chi connectivity index (χ1) is 2.64. The number of hydrogen-bond donors (Lipinski definition) is 1. The van der Waals surface area contributed by atoms with Gasteiger partial charge in [0.25, 0.3) is 0 Å². The Bertz CT molecular complexity index is 28.5. The van der Waals surface area contributed by atoms with E-state index in [2.05, 4.69) is 0 Å². The molecule has 0 saturated heterocycles. The molecule has 0 amide bonds. The van der Waals surface area contributed by atoms with Crippen molar-refractivity contribution in [3.05, 3.63) is 0 Å². The molecule has 0 aromatic rings. The molecule has 0 aliphatic heterocycles. The molecule has 0 spiro atoms. The van der Waals surface area contributed by atoms with E-state index in [1.807, 2.05) is 13.8 Å². The third-order valence-corrected chi connectivity index (χ3v) is 1.05. The van der Waals surface area contributed by atoms with E-state index in [4.69, 9.17) is 16.7 Å². The molecule has 2 heteroatoms. The summed E-state index contributed by atoms with van der Waals surface area (Å²) in [4.78, 5) is 0. The number of rotatable bonds is 1. The van der Waals surface area contributed by atoms with Gasteiger partial charge in [0, 0.05) is 0 Å².